The van der Waals surface area contributed by atoms with Crippen molar-refractivity contribution in [1.29, 1.82) is 0 Å². The molecule has 0 radical (unpaired) electrons. The second-order valence-electron chi connectivity index (χ2n) is 7.28. The average molecular weight is 403 g/mol. The number of amides is 1. The first-order valence-corrected chi connectivity index (χ1v) is 9.66. The molecule has 1 N–H and O–H groups in total. The number of carbonyl (C=O) groups excluding carboxylic acids is 1. The molecule has 2 heterocycles. The topological polar surface area (TPSA) is 58.4 Å². The lowest BCUT2D eigenvalue weighted by atomic mass is 10.0. The number of para-hydroxylation sites is 1. The van der Waals surface area contributed by atoms with E-state index in [0.29, 0.717) is 23.3 Å². The van der Waals surface area contributed by atoms with Gasteiger partial charge in [-0.2, -0.15) is 0 Å². The van der Waals surface area contributed by atoms with Gasteiger partial charge in [-0.05, 0) is 62.6 Å². The number of hydrogen-bond acceptors (Lipinski definition) is 4. The van der Waals surface area contributed by atoms with Crippen LogP contribution in [0.2, 0.25) is 0 Å². The Morgan fingerprint density at radius 2 is 1.87 bits per heavy atom. The van der Waals surface area contributed by atoms with E-state index in [0.717, 1.165) is 16.7 Å². The molecule has 0 aliphatic carbocycles. The lowest BCUT2D eigenvalue weighted by molar-refractivity contribution is 0.0940. The number of furan rings is 1. The Morgan fingerprint density at radius 3 is 2.57 bits per heavy atom. The second-order valence-corrected chi connectivity index (χ2v) is 7.28. The zero-order valence-corrected chi connectivity index (χ0v) is 16.8. The molecule has 5 nitrogen and oxygen atoms in total. The zero-order valence-electron chi connectivity index (χ0n) is 16.8. The number of nitrogens with zero attached hydrogens (tertiary/aromatic N) is 2. The molecule has 152 valence electrons. The number of hydrogen-bond donors (Lipinski definition) is 1. The summed E-state index contributed by atoms with van der Waals surface area (Å²) in [7, 11) is 3.88. The van der Waals surface area contributed by atoms with Crippen LogP contribution in [0.3, 0.4) is 0 Å². The van der Waals surface area contributed by atoms with Gasteiger partial charge in [0.1, 0.15) is 11.6 Å². The van der Waals surface area contributed by atoms with E-state index in [4.69, 9.17) is 4.42 Å². The Morgan fingerprint density at radius 1 is 1.10 bits per heavy atom. The molecule has 0 aliphatic heterocycles. The van der Waals surface area contributed by atoms with Crippen molar-refractivity contribution in [3.8, 4) is 11.3 Å². The van der Waals surface area contributed by atoms with Crippen molar-refractivity contribution in [2.45, 2.75) is 6.04 Å². The Balaban J connectivity index is 1.66. The summed E-state index contributed by atoms with van der Waals surface area (Å²) in [6.45, 7) is 0.391. The molecule has 30 heavy (non-hydrogen) atoms. The normalized spacial score (nSPS) is 12.3. The van der Waals surface area contributed by atoms with Crippen LogP contribution in [-0.2, 0) is 0 Å². The molecule has 1 atom stereocenters. The largest absolute Gasteiger partial charge is 0.468 e. The second kappa shape index (κ2) is 8.47. The number of carbonyl (C=O) groups is 1. The molecule has 0 aliphatic rings. The summed E-state index contributed by atoms with van der Waals surface area (Å²) in [5.41, 5.74) is 2.60. The van der Waals surface area contributed by atoms with Gasteiger partial charge in [-0.15, -0.1) is 0 Å². The highest BCUT2D eigenvalue weighted by atomic mass is 19.1. The molecule has 4 rings (SSSR count). The molecular formula is C24H22FN3O2. The minimum Gasteiger partial charge on any atom is -0.468 e. The van der Waals surface area contributed by atoms with E-state index in [9.17, 15) is 9.18 Å². The zero-order chi connectivity index (χ0) is 21.1. The Bertz CT molecular complexity index is 1160. The standard InChI is InChI=1S/C24H22FN3O2/c1-28(2)22(23-8-5-13-30-23)15-26-24(29)19-14-21(16-9-11-17(25)12-10-16)27-20-7-4-3-6-18(19)20/h3-14,22H,15H2,1-2H3,(H,26,29)/t22-/m1/s1. The van der Waals surface area contributed by atoms with Crippen LogP contribution >= 0.6 is 0 Å². The maximum Gasteiger partial charge on any atom is 0.252 e. The summed E-state index contributed by atoms with van der Waals surface area (Å²) in [6, 6.07) is 19.0. The highest BCUT2D eigenvalue weighted by Gasteiger charge is 2.20. The van der Waals surface area contributed by atoms with E-state index in [2.05, 4.69) is 10.3 Å². The maximum atomic E-state index is 13.3. The smallest absolute Gasteiger partial charge is 0.252 e. The maximum absolute atomic E-state index is 13.3. The number of benzene rings is 2. The number of halogens is 1. The van der Waals surface area contributed by atoms with Crippen LogP contribution in [0, 0.1) is 5.82 Å². The lowest BCUT2D eigenvalue weighted by Crippen LogP contribution is -2.34. The van der Waals surface area contributed by atoms with Crippen LogP contribution in [0.4, 0.5) is 4.39 Å². The summed E-state index contributed by atoms with van der Waals surface area (Å²) in [5, 5.41) is 3.78. The summed E-state index contributed by atoms with van der Waals surface area (Å²) in [4.78, 5) is 19.8. The van der Waals surface area contributed by atoms with Crippen molar-refractivity contribution >= 4 is 16.8 Å². The molecule has 6 heteroatoms. The molecular weight excluding hydrogens is 381 g/mol. The van der Waals surface area contributed by atoms with Gasteiger partial charge in [-0.3, -0.25) is 9.69 Å². The van der Waals surface area contributed by atoms with Crippen LogP contribution in [0.15, 0.2) is 77.4 Å². The number of rotatable bonds is 6. The van der Waals surface area contributed by atoms with E-state index < -0.39 is 0 Å². The molecule has 0 unspecified atom stereocenters. The number of nitrogens with one attached hydrogen (secondary N) is 1. The SMILES string of the molecule is CN(C)[C@H](CNC(=O)c1cc(-c2ccc(F)cc2)nc2ccccc12)c1ccco1. The van der Waals surface area contributed by atoms with E-state index in [1.54, 1.807) is 24.5 Å². The molecule has 1 amide bonds. The van der Waals surface area contributed by atoms with E-state index >= 15 is 0 Å². The third kappa shape index (κ3) is 4.09. The average Bonchev–Trinajstić information content (AvgIpc) is 3.27. The van der Waals surface area contributed by atoms with Crippen molar-refractivity contribution in [3.05, 3.63) is 90.1 Å². The van der Waals surface area contributed by atoms with Crippen LogP contribution in [-0.4, -0.2) is 36.4 Å². The Hall–Kier alpha value is -3.51. The van der Waals surface area contributed by atoms with Crippen molar-refractivity contribution in [2.24, 2.45) is 0 Å². The molecule has 4 aromatic rings. The first kappa shape index (κ1) is 19.8. The van der Waals surface area contributed by atoms with Crippen LogP contribution < -0.4 is 5.32 Å². The Kier molecular flexibility index (Phi) is 5.59. The van der Waals surface area contributed by atoms with Gasteiger partial charge in [0.15, 0.2) is 0 Å². The van der Waals surface area contributed by atoms with Gasteiger partial charge < -0.3 is 9.73 Å². The minimum atomic E-state index is -0.315. The van der Waals surface area contributed by atoms with Gasteiger partial charge in [-0.1, -0.05) is 18.2 Å². The van der Waals surface area contributed by atoms with Gasteiger partial charge >= 0.3 is 0 Å². The minimum absolute atomic E-state index is 0.0892. The number of pyridine rings is 1. The van der Waals surface area contributed by atoms with Crippen molar-refractivity contribution in [2.75, 3.05) is 20.6 Å². The predicted octanol–water partition coefficient (Wildman–Crippen LogP) is 4.67. The van der Waals surface area contributed by atoms with E-state index in [1.165, 1.54) is 12.1 Å². The fourth-order valence-electron chi connectivity index (χ4n) is 3.43. The summed E-state index contributed by atoms with van der Waals surface area (Å²) in [5.74, 6) is 0.271. The van der Waals surface area contributed by atoms with Crippen LogP contribution in [0.5, 0.6) is 0 Å². The molecule has 0 fully saturated rings. The van der Waals surface area contributed by atoms with E-state index in [1.807, 2.05) is 55.4 Å². The Labute approximate surface area is 174 Å². The third-order valence-corrected chi connectivity index (χ3v) is 5.05. The molecule has 2 aromatic carbocycles. The van der Waals surface area contributed by atoms with Gasteiger partial charge in [0, 0.05) is 17.5 Å². The highest BCUT2D eigenvalue weighted by Crippen LogP contribution is 2.25. The van der Waals surface area contributed by atoms with Crippen molar-refractivity contribution in [3.63, 3.8) is 0 Å². The van der Waals surface area contributed by atoms with Crippen molar-refractivity contribution < 1.29 is 13.6 Å². The molecule has 0 saturated carbocycles. The van der Waals surface area contributed by atoms with Gasteiger partial charge in [0.25, 0.3) is 5.91 Å². The fraction of sp³-hybridized carbons (Fsp3) is 0.167. The monoisotopic (exact) mass is 403 g/mol. The fourth-order valence-corrected chi connectivity index (χ4v) is 3.43. The van der Waals surface area contributed by atoms with Gasteiger partial charge in [-0.25, -0.2) is 9.37 Å². The van der Waals surface area contributed by atoms with Gasteiger partial charge in [0.05, 0.1) is 29.1 Å². The van der Waals surface area contributed by atoms with Crippen molar-refractivity contribution in [1.82, 2.24) is 15.2 Å². The molecule has 0 bridgehead atoms. The number of likely N-dealkylation sites (N-methyl/N-ethyl adjacent to an activating group) is 1. The van der Waals surface area contributed by atoms with Crippen LogP contribution in [0.25, 0.3) is 22.2 Å². The first-order chi connectivity index (χ1) is 14.5. The number of aromatic nitrogens is 1. The highest BCUT2D eigenvalue weighted by molar-refractivity contribution is 6.07. The number of fused-ring (bicyclic) bond motifs is 1. The summed E-state index contributed by atoms with van der Waals surface area (Å²) >= 11 is 0. The molecule has 0 spiro atoms. The summed E-state index contributed by atoms with van der Waals surface area (Å²) < 4.78 is 18.8. The quantitative estimate of drug-likeness (QED) is 0.508. The third-order valence-electron chi connectivity index (χ3n) is 5.05. The predicted molar refractivity (Wildman–Crippen MR) is 115 cm³/mol. The molecule has 0 saturated heterocycles. The molecule has 2 aromatic heterocycles. The first-order valence-electron chi connectivity index (χ1n) is 9.66. The van der Waals surface area contributed by atoms with E-state index in [-0.39, 0.29) is 17.8 Å². The lowest BCUT2D eigenvalue weighted by Gasteiger charge is -2.22. The van der Waals surface area contributed by atoms with Gasteiger partial charge in [0.2, 0.25) is 0 Å². The van der Waals surface area contributed by atoms with Crippen LogP contribution in [0.1, 0.15) is 22.2 Å². The summed E-state index contributed by atoms with van der Waals surface area (Å²) in [6.07, 6.45) is 1.62.